The number of carbonyl (C=O) groups is 3. The summed E-state index contributed by atoms with van der Waals surface area (Å²) in [6.07, 6.45) is -1.36. The highest BCUT2D eigenvalue weighted by atomic mass is 28.4. The van der Waals surface area contributed by atoms with Crippen LogP contribution in [-0.2, 0) is 29.5 Å². The van der Waals surface area contributed by atoms with Crippen molar-refractivity contribution in [3.05, 3.63) is 86.5 Å². The minimum atomic E-state index is -2.48. The predicted octanol–water partition coefficient (Wildman–Crippen LogP) is 18.4. The van der Waals surface area contributed by atoms with Gasteiger partial charge >= 0.3 is 18.5 Å². The number of carbonyl (C=O) groups excluding carboxylic acids is 3. The van der Waals surface area contributed by atoms with E-state index in [0.29, 0.717) is 23.7 Å². The molecule has 392 valence electrons. The molecule has 0 aromatic heterocycles. The molecule has 9 nitrogen and oxygen atoms in total. The summed E-state index contributed by atoms with van der Waals surface area (Å²) >= 11 is 0. The van der Waals surface area contributed by atoms with Crippen molar-refractivity contribution >= 4 is 43.4 Å². The summed E-state index contributed by atoms with van der Waals surface area (Å²) in [6.45, 7) is 58.8. The Morgan fingerprint density at radius 3 is 0.871 bits per heavy atom. The van der Waals surface area contributed by atoms with Gasteiger partial charge in [-0.05, 0) is 155 Å². The Morgan fingerprint density at radius 2 is 0.643 bits per heavy atom. The van der Waals surface area contributed by atoms with Gasteiger partial charge in [-0.2, -0.15) is 0 Å². The van der Waals surface area contributed by atoms with Crippen LogP contribution in [0.5, 0.6) is 17.2 Å². The van der Waals surface area contributed by atoms with E-state index in [1.54, 1.807) is 0 Å². The van der Waals surface area contributed by atoms with Crippen LogP contribution in [0, 0.1) is 20.8 Å². The number of hydrogen-bond donors (Lipinski definition) is 0. The molecule has 0 heterocycles. The molecule has 0 saturated heterocycles. The summed E-state index contributed by atoms with van der Waals surface area (Å²) in [5.41, 5.74) is 7.75. The van der Waals surface area contributed by atoms with E-state index >= 15 is 0 Å². The first kappa shape index (κ1) is 60.4. The van der Waals surface area contributed by atoms with Crippen LogP contribution in [0.15, 0.2) is 36.4 Å². The van der Waals surface area contributed by atoms with Gasteiger partial charge in [0.15, 0.2) is 0 Å². The normalized spacial score (nSPS) is 14.0. The molecule has 0 aliphatic rings. The third-order valence-electron chi connectivity index (χ3n) is 15.4. The van der Waals surface area contributed by atoms with Crippen molar-refractivity contribution in [3.8, 4) is 17.2 Å². The van der Waals surface area contributed by atoms with Crippen LogP contribution in [0.1, 0.15) is 200 Å². The topological polar surface area (TPSA) is 107 Å². The second-order valence-corrected chi connectivity index (χ2v) is 41.9. The van der Waals surface area contributed by atoms with Gasteiger partial charge in [0.2, 0.25) is 0 Å². The molecule has 0 saturated carbocycles. The van der Waals surface area contributed by atoms with Crippen molar-refractivity contribution in [2.24, 2.45) is 0 Å². The molecule has 0 aliphatic carbocycles. The molecule has 0 aliphatic heterocycles. The molecule has 1 unspecified atom stereocenters. The first-order valence-corrected chi connectivity index (χ1v) is 34.0. The lowest BCUT2D eigenvalue weighted by Crippen LogP contribution is -2.43. The highest BCUT2D eigenvalue weighted by Crippen LogP contribution is 2.48. The highest BCUT2D eigenvalue weighted by Gasteiger charge is 2.44. The fourth-order valence-corrected chi connectivity index (χ4v) is 10.00. The number of ether oxygens (including phenoxy) is 3. The van der Waals surface area contributed by atoms with Gasteiger partial charge in [-0.15, -0.1) is 0 Å². The third-order valence-corrected chi connectivity index (χ3v) is 28.3. The summed E-state index contributed by atoms with van der Waals surface area (Å²) in [6, 6.07) is 12.6. The van der Waals surface area contributed by atoms with Gasteiger partial charge in [0.25, 0.3) is 25.0 Å². The lowest BCUT2D eigenvalue weighted by atomic mass is 9.74. The second-order valence-electron chi connectivity index (χ2n) is 27.7. The molecule has 3 aromatic rings. The number of rotatable bonds is 11. The number of benzene rings is 3. The maximum atomic E-state index is 13.6. The fourth-order valence-electron chi connectivity index (χ4n) is 7.71. The molecule has 0 bridgehead atoms. The summed E-state index contributed by atoms with van der Waals surface area (Å²) in [7, 11) is -7.39. The van der Waals surface area contributed by atoms with Crippen molar-refractivity contribution in [1.82, 2.24) is 0 Å². The van der Waals surface area contributed by atoms with Crippen LogP contribution in [0.3, 0.4) is 0 Å². The monoisotopic (exact) mass is 1020 g/mol. The Bertz CT molecular complexity index is 2290. The molecule has 0 amide bonds. The first-order chi connectivity index (χ1) is 31.1. The Balaban J connectivity index is 2.38. The van der Waals surface area contributed by atoms with Crippen LogP contribution < -0.4 is 14.2 Å². The minimum absolute atomic E-state index is 0.000270. The molecule has 0 fully saturated rings. The van der Waals surface area contributed by atoms with Crippen LogP contribution in [-0.4, -0.2) is 43.4 Å². The zero-order valence-electron chi connectivity index (χ0n) is 49.0. The molecule has 70 heavy (non-hydrogen) atoms. The van der Waals surface area contributed by atoms with E-state index in [-0.39, 0.29) is 32.4 Å². The molecule has 3 rings (SSSR count). The summed E-state index contributed by atoms with van der Waals surface area (Å²) in [5.74, 6) is 1.29. The van der Waals surface area contributed by atoms with E-state index in [1.165, 1.54) is 0 Å². The van der Waals surface area contributed by atoms with Crippen LogP contribution in [0.25, 0.3) is 0 Å². The Kier molecular flexibility index (Phi) is 17.7. The predicted molar refractivity (Wildman–Crippen MR) is 297 cm³/mol. The fraction of sp³-hybridized carbons (Fsp3) is 0.638. The van der Waals surface area contributed by atoms with Gasteiger partial charge in [0.05, 0.1) is 0 Å². The van der Waals surface area contributed by atoms with E-state index in [9.17, 15) is 14.4 Å². The molecule has 0 spiro atoms. The van der Waals surface area contributed by atoms with Crippen LogP contribution in [0.2, 0.25) is 54.4 Å². The standard InChI is InChI=1S/C58H94O9Si3/c1-36(40-33-44(53(5,6)7)47(30-37(40)2)62-50(59)65-68(23,24)56(14,15)16)29-43(41-34-45(54(8,9)10)48(31-38(41)3)63-51(60)66-69(25,26)57(17,18)19)42-35-46(55(11,12)13)49(32-39(42)4)64-52(61)67-70(27,28)58(20,21)22/h30-36,43H,29H2,1-28H3. The van der Waals surface area contributed by atoms with Crippen molar-refractivity contribution < 1.29 is 41.9 Å². The van der Waals surface area contributed by atoms with Crippen molar-refractivity contribution in [2.45, 2.75) is 241 Å². The molecular weight excluding hydrogens is 925 g/mol. The van der Waals surface area contributed by atoms with Gasteiger partial charge < -0.3 is 27.5 Å². The Morgan fingerprint density at radius 1 is 0.414 bits per heavy atom. The van der Waals surface area contributed by atoms with Gasteiger partial charge in [0.1, 0.15) is 17.2 Å². The molecule has 0 N–H and O–H groups in total. The Hall–Kier alpha value is -3.88. The van der Waals surface area contributed by atoms with E-state index < -0.39 is 54.2 Å². The smallest absolute Gasteiger partial charge is 0.489 e. The zero-order valence-corrected chi connectivity index (χ0v) is 52.0. The average molecular weight is 1020 g/mol. The maximum absolute atomic E-state index is 13.6. The lowest BCUT2D eigenvalue weighted by molar-refractivity contribution is 0.144. The number of hydrogen-bond acceptors (Lipinski definition) is 9. The molecule has 12 heteroatoms. The minimum Gasteiger partial charge on any atom is -0.489 e. The van der Waals surface area contributed by atoms with Crippen molar-refractivity contribution in [3.63, 3.8) is 0 Å². The quantitative estimate of drug-likeness (QED) is 0.105. The largest absolute Gasteiger partial charge is 0.499 e. The summed E-state index contributed by atoms with van der Waals surface area (Å²) in [4.78, 5) is 40.8. The highest BCUT2D eigenvalue weighted by molar-refractivity contribution is 6.76. The van der Waals surface area contributed by atoms with E-state index in [0.717, 1.165) is 50.1 Å². The van der Waals surface area contributed by atoms with Gasteiger partial charge in [-0.25, -0.2) is 14.4 Å². The van der Waals surface area contributed by atoms with E-state index in [4.69, 9.17) is 27.5 Å². The molecule has 3 aromatic carbocycles. The second kappa shape index (κ2) is 20.6. The Labute approximate surface area is 428 Å². The van der Waals surface area contributed by atoms with E-state index in [2.05, 4.69) is 171 Å². The van der Waals surface area contributed by atoms with Crippen molar-refractivity contribution in [2.75, 3.05) is 0 Å². The van der Waals surface area contributed by atoms with Gasteiger partial charge in [-0.1, -0.05) is 150 Å². The summed E-state index contributed by atoms with van der Waals surface area (Å²) < 4.78 is 36.8. The van der Waals surface area contributed by atoms with Gasteiger partial charge in [0, 0.05) is 22.6 Å². The molecule has 0 radical (unpaired) electrons. The molecule has 1 atom stereocenters. The first-order valence-electron chi connectivity index (χ1n) is 25.3. The SMILES string of the molecule is Cc1cc(OC(=O)O[Si](C)(C)C(C)(C)C)c(C(C)(C)C)cc1C(C)CC(c1cc(C(C)(C)C)c(OC(=O)O[Si](C)(C)C(C)(C)C)cc1C)c1cc(C(C)(C)C)c(OC(=O)O[Si](C)(C)C(C)(C)C)cc1C. The third kappa shape index (κ3) is 14.6. The summed E-state index contributed by atoms with van der Waals surface area (Å²) in [5, 5.41) is -0.544. The van der Waals surface area contributed by atoms with E-state index in [1.807, 2.05) is 57.5 Å². The lowest BCUT2D eigenvalue weighted by Gasteiger charge is -2.35. The van der Waals surface area contributed by atoms with Crippen molar-refractivity contribution in [1.29, 1.82) is 0 Å². The zero-order chi connectivity index (χ0) is 54.5. The maximum Gasteiger partial charge on any atom is 0.499 e. The molecular formula is C58H94O9Si3. The van der Waals surface area contributed by atoms with Crippen LogP contribution in [0.4, 0.5) is 14.4 Å². The van der Waals surface area contributed by atoms with Gasteiger partial charge in [-0.3, -0.25) is 0 Å². The van der Waals surface area contributed by atoms with Crippen LogP contribution >= 0.6 is 0 Å². The average Bonchev–Trinajstić information content (AvgIpc) is 3.10. The number of aryl methyl sites for hydroxylation is 3.